The first-order chi connectivity index (χ1) is 18.7. The molecule has 0 bridgehead atoms. The molecule has 0 unspecified atom stereocenters. The Bertz CT molecular complexity index is 1560. The van der Waals surface area contributed by atoms with Crippen molar-refractivity contribution in [2.45, 2.75) is 13.8 Å². The highest BCUT2D eigenvalue weighted by molar-refractivity contribution is 7.18. The molecule has 2 N–H and O–H groups in total. The van der Waals surface area contributed by atoms with Crippen molar-refractivity contribution in [1.29, 1.82) is 0 Å². The summed E-state index contributed by atoms with van der Waals surface area (Å²) in [4.78, 5) is 57.6. The molecule has 39 heavy (non-hydrogen) atoms. The van der Waals surface area contributed by atoms with Crippen LogP contribution in [0.25, 0.3) is 22.4 Å². The third kappa shape index (κ3) is 5.91. The summed E-state index contributed by atoms with van der Waals surface area (Å²) in [5.41, 5.74) is 2.67. The highest BCUT2D eigenvalue weighted by Gasteiger charge is 2.27. The lowest BCUT2D eigenvalue weighted by atomic mass is 10.1. The molecule has 2 aromatic carbocycles. The van der Waals surface area contributed by atoms with Crippen molar-refractivity contribution in [1.82, 2.24) is 9.97 Å². The van der Waals surface area contributed by atoms with Gasteiger partial charge in [0.15, 0.2) is 6.61 Å². The third-order valence-corrected chi connectivity index (χ3v) is 6.85. The van der Waals surface area contributed by atoms with E-state index in [0.717, 1.165) is 22.6 Å². The molecule has 0 aliphatic heterocycles. The smallest absolute Gasteiger partial charge is 0.348 e. The second-order valence-electron chi connectivity index (χ2n) is 8.14. The summed E-state index contributed by atoms with van der Waals surface area (Å²) >= 11 is 0.875. The summed E-state index contributed by atoms with van der Waals surface area (Å²) in [6, 6.07) is 12.2. The van der Waals surface area contributed by atoms with Gasteiger partial charge in [0.2, 0.25) is 0 Å². The molecule has 4 rings (SSSR count). The number of imidazole rings is 1. The molecule has 0 saturated heterocycles. The van der Waals surface area contributed by atoms with Gasteiger partial charge in [0, 0.05) is 5.56 Å². The van der Waals surface area contributed by atoms with Crippen LogP contribution < -0.4 is 10.1 Å². The number of hydrogen-bond donors (Lipinski definition) is 2. The van der Waals surface area contributed by atoms with Gasteiger partial charge >= 0.3 is 17.9 Å². The van der Waals surface area contributed by atoms with Crippen LogP contribution in [0.3, 0.4) is 0 Å². The number of aromatic nitrogens is 2. The number of carbonyl (C=O) groups excluding carboxylic acids is 4. The average Bonchev–Trinajstić information content (AvgIpc) is 3.51. The van der Waals surface area contributed by atoms with Crippen LogP contribution in [-0.4, -0.2) is 61.2 Å². The number of rotatable bonds is 9. The van der Waals surface area contributed by atoms with Crippen LogP contribution in [0.4, 0.5) is 5.00 Å². The molecular formula is C27H25N3O8S. The van der Waals surface area contributed by atoms with E-state index in [-0.39, 0.29) is 27.6 Å². The highest BCUT2D eigenvalue weighted by atomic mass is 32.1. The number of esters is 3. The standard InChI is InChI=1S/C27H25N3O8S/c1-5-37-27(34)22-14(2)21(26(33)36-4)24(39-22)30-20(31)13-38-25(32)16-8-11-18-19(12-16)29-23(28-18)15-6-9-17(35-3)10-7-15/h6-12H,5,13H2,1-4H3,(H,28,29)(H,30,31). The Kier molecular flexibility index (Phi) is 8.25. The van der Waals surface area contributed by atoms with Crippen molar-refractivity contribution in [2.75, 3.05) is 32.8 Å². The van der Waals surface area contributed by atoms with Crippen LogP contribution in [0, 0.1) is 6.92 Å². The molecular weight excluding hydrogens is 526 g/mol. The van der Waals surface area contributed by atoms with Crippen LogP contribution in [0.2, 0.25) is 0 Å². The minimum absolute atomic E-state index is 0.0302. The second kappa shape index (κ2) is 11.8. The quantitative estimate of drug-likeness (QED) is 0.229. The molecule has 0 spiro atoms. The topological polar surface area (TPSA) is 146 Å². The maximum Gasteiger partial charge on any atom is 0.348 e. The lowest BCUT2D eigenvalue weighted by Gasteiger charge is -2.07. The number of hydrogen-bond acceptors (Lipinski definition) is 10. The van der Waals surface area contributed by atoms with Gasteiger partial charge in [0.25, 0.3) is 5.91 Å². The lowest BCUT2D eigenvalue weighted by Crippen LogP contribution is -2.21. The largest absolute Gasteiger partial charge is 0.497 e. The van der Waals surface area contributed by atoms with Crippen molar-refractivity contribution >= 4 is 51.2 Å². The third-order valence-electron chi connectivity index (χ3n) is 5.67. The zero-order valence-corrected chi connectivity index (χ0v) is 22.4. The number of ether oxygens (including phenoxy) is 4. The zero-order valence-electron chi connectivity index (χ0n) is 21.6. The summed E-state index contributed by atoms with van der Waals surface area (Å²) < 4.78 is 20.2. The van der Waals surface area contributed by atoms with Gasteiger partial charge in [-0.3, -0.25) is 4.79 Å². The van der Waals surface area contributed by atoms with Crippen LogP contribution in [-0.2, 0) is 19.0 Å². The molecule has 12 heteroatoms. The molecule has 202 valence electrons. The molecule has 0 fully saturated rings. The van der Waals surface area contributed by atoms with Gasteiger partial charge in [-0.05, 0) is 61.9 Å². The fraction of sp³-hybridized carbons (Fsp3) is 0.222. The number of carbonyl (C=O) groups is 4. The fourth-order valence-electron chi connectivity index (χ4n) is 3.74. The highest BCUT2D eigenvalue weighted by Crippen LogP contribution is 2.34. The molecule has 2 heterocycles. The SMILES string of the molecule is CCOC(=O)c1sc(NC(=O)COC(=O)c2ccc3nc(-c4ccc(OC)cc4)[nH]c3c2)c(C(=O)OC)c1C. The molecule has 11 nitrogen and oxygen atoms in total. The number of nitrogens with zero attached hydrogens (tertiary/aromatic N) is 1. The van der Waals surface area contributed by atoms with E-state index < -0.39 is 30.4 Å². The van der Waals surface area contributed by atoms with Crippen molar-refractivity contribution in [3.05, 3.63) is 64.0 Å². The van der Waals surface area contributed by atoms with Crippen molar-refractivity contribution in [2.24, 2.45) is 0 Å². The molecule has 0 atom stereocenters. The van der Waals surface area contributed by atoms with Crippen molar-refractivity contribution in [3.63, 3.8) is 0 Å². The predicted octanol–water partition coefficient (Wildman–Crippen LogP) is 4.37. The van der Waals surface area contributed by atoms with Crippen LogP contribution in [0.5, 0.6) is 5.75 Å². The monoisotopic (exact) mass is 551 g/mol. The van der Waals surface area contributed by atoms with Crippen molar-refractivity contribution in [3.8, 4) is 17.1 Å². The minimum atomic E-state index is -0.728. The van der Waals surface area contributed by atoms with Crippen LogP contribution >= 0.6 is 11.3 Å². The first-order valence-electron chi connectivity index (χ1n) is 11.8. The van der Waals surface area contributed by atoms with Gasteiger partial charge in [-0.25, -0.2) is 19.4 Å². The van der Waals surface area contributed by atoms with E-state index in [1.165, 1.54) is 7.11 Å². The number of thiophene rings is 1. The first kappa shape index (κ1) is 27.3. The van der Waals surface area contributed by atoms with Crippen LogP contribution in [0.15, 0.2) is 42.5 Å². The van der Waals surface area contributed by atoms with Gasteiger partial charge < -0.3 is 29.2 Å². The van der Waals surface area contributed by atoms with E-state index in [9.17, 15) is 19.2 Å². The van der Waals surface area contributed by atoms with Crippen molar-refractivity contribution < 1.29 is 38.1 Å². The van der Waals surface area contributed by atoms with E-state index in [4.69, 9.17) is 18.9 Å². The number of methoxy groups -OCH3 is 2. The Morgan fingerprint density at radius 1 is 0.974 bits per heavy atom. The first-order valence-corrected chi connectivity index (χ1v) is 12.6. The Morgan fingerprint density at radius 3 is 2.38 bits per heavy atom. The van der Waals surface area contributed by atoms with Gasteiger partial charge in [-0.1, -0.05) is 0 Å². The molecule has 0 aliphatic rings. The summed E-state index contributed by atoms with van der Waals surface area (Å²) in [7, 11) is 2.78. The Morgan fingerprint density at radius 2 is 1.72 bits per heavy atom. The molecule has 1 amide bonds. The Labute approximate surface area is 227 Å². The average molecular weight is 552 g/mol. The van der Waals surface area contributed by atoms with E-state index in [1.54, 1.807) is 39.2 Å². The van der Waals surface area contributed by atoms with Gasteiger partial charge in [-0.2, -0.15) is 0 Å². The second-order valence-corrected chi connectivity index (χ2v) is 9.16. The van der Waals surface area contributed by atoms with E-state index in [0.29, 0.717) is 22.4 Å². The van der Waals surface area contributed by atoms with E-state index >= 15 is 0 Å². The van der Waals surface area contributed by atoms with E-state index in [2.05, 4.69) is 15.3 Å². The fourth-order valence-corrected chi connectivity index (χ4v) is 4.84. The number of anilines is 1. The normalized spacial score (nSPS) is 10.7. The number of amides is 1. The Hall–Kier alpha value is -4.71. The number of H-pyrrole nitrogens is 1. The molecule has 0 radical (unpaired) electrons. The van der Waals surface area contributed by atoms with Gasteiger partial charge in [-0.15, -0.1) is 11.3 Å². The maximum atomic E-state index is 12.7. The lowest BCUT2D eigenvalue weighted by molar-refractivity contribution is -0.119. The predicted molar refractivity (Wildman–Crippen MR) is 143 cm³/mol. The zero-order chi connectivity index (χ0) is 28.1. The molecule has 4 aromatic rings. The summed E-state index contributed by atoms with van der Waals surface area (Å²) in [6.45, 7) is 2.73. The number of fused-ring (bicyclic) bond motifs is 1. The maximum absolute atomic E-state index is 12.7. The van der Waals surface area contributed by atoms with Crippen LogP contribution in [0.1, 0.15) is 42.9 Å². The number of benzene rings is 2. The number of nitrogens with one attached hydrogen (secondary N) is 2. The van der Waals surface area contributed by atoms with Gasteiger partial charge in [0.1, 0.15) is 21.5 Å². The van der Waals surface area contributed by atoms with E-state index in [1.807, 2.05) is 24.3 Å². The summed E-state index contributed by atoms with van der Waals surface area (Å²) in [5, 5.41) is 2.61. The van der Waals surface area contributed by atoms with Gasteiger partial charge in [0.05, 0.1) is 43.0 Å². The minimum Gasteiger partial charge on any atom is -0.497 e. The summed E-state index contributed by atoms with van der Waals surface area (Å²) in [5.74, 6) is -1.44. The molecule has 0 aliphatic carbocycles. The molecule has 0 saturated carbocycles. The summed E-state index contributed by atoms with van der Waals surface area (Å²) in [6.07, 6.45) is 0. The number of aromatic amines is 1. The molecule has 2 aromatic heterocycles. The Balaban J connectivity index is 1.44.